The zero-order valence-electron chi connectivity index (χ0n) is 12.4. The van der Waals surface area contributed by atoms with Crippen LogP contribution >= 0.6 is 0 Å². The predicted octanol–water partition coefficient (Wildman–Crippen LogP) is 2.07. The van der Waals surface area contributed by atoms with E-state index in [2.05, 4.69) is 29.4 Å². The third-order valence-corrected chi connectivity index (χ3v) is 2.96. The second kappa shape index (κ2) is 7.92. The van der Waals surface area contributed by atoms with E-state index in [1.54, 1.807) is 0 Å². The van der Waals surface area contributed by atoms with Gasteiger partial charge in [0.1, 0.15) is 0 Å². The molecule has 1 aromatic rings. The Kier molecular flexibility index (Phi) is 6.53. The molecule has 0 fully saturated rings. The molecule has 1 rings (SSSR count). The van der Waals surface area contributed by atoms with Gasteiger partial charge >= 0.3 is 0 Å². The van der Waals surface area contributed by atoms with E-state index in [1.165, 1.54) is 5.56 Å². The van der Waals surface area contributed by atoms with E-state index in [1.807, 2.05) is 38.4 Å². The zero-order chi connectivity index (χ0) is 14.3. The number of nitrogens with zero attached hydrogens (tertiary/aromatic N) is 1. The third kappa shape index (κ3) is 6.36. The first-order chi connectivity index (χ1) is 9.01. The summed E-state index contributed by atoms with van der Waals surface area (Å²) in [6.07, 6.45) is 1.02. The first-order valence-corrected chi connectivity index (χ1v) is 6.78. The van der Waals surface area contributed by atoms with Gasteiger partial charge in [-0.05, 0) is 45.1 Å². The Hall–Kier alpha value is -1.39. The molecule has 19 heavy (non-hydrogen) atoms. The maximum absolute atomic E-state index is 11.7. The minimum absolute atomic E-state index is 0.000611. The molecule has 0 saturated heterocycles. The first kappa shape index (κ1) is 15.7. The van der Waals surface area contributed by atoms with Gasteiger partial charge in [-0.15, -0.1) is 0 Å². The summed E-state index contributed by atoms with van der Waals surface area (Å²) < 4.78 is 0. The summed E-state index contributed by atoms with van der Waals surface area (Å²) in [7, 11) is 4.08. The minimum Gasteiger partial charge on any atom is -0.325 e. The Balaban J connectivity index is 2.42. The van der Waals surface area contributed by atoms with Gasteiger partial charge in [-0.1, -0.05) is 19.1 Å². The van der Waals surface area contributed by atoms with Crippen molar-refractivity contribution in [3.05, 3.63) is 29.8 Å². The van der Waals surface area contributed by atoms with Crippen molar-refractivity contribution in [3.63, 3.8) is 0 Å². The summed E-state index contributed by atoms with van der Waals surface area (Å²) in [6, 6.07) is 8.34. The molecule has 4 heteroatoms. The van der Waals surface area contributed by atoms with Crippen molar-refractivity contribution >= 4 is 11.6 Å². The average Bonchev–Trinajstić information content (AvgIpc) is 2.37. The van der Waals surface area contributed by atoms with Crippen LogP contribution < -0.4 is 10.6 Å². The Morgan fingerprint density at radius 1 is 1.26 bits per heavy atom. The molecule has 4 nitrogen and oxygen atoms in total. The predicted molar refractivity (Wildman–Crippen MR) is 80.2 cm³/mol. The summed E-state index contributed by atoms with van der Waals surface area (Å²) in [5.41, 5.74) is 2.08. The zero-order valence-corrected chi connectivity index (χ0v) is 12.4. The normalized spacial score (nSPS) is 12.5. The van der Waals surface area contributed by atoms with Crippen LogP contribution in [0.1, 0.15) is 25.8 Å². The topological polar surface area (TPSA) is 44.4 Å². The van der Waals surface area contributed by atoms with Crippen molar-refractivity contribution in [2.24, 2.45) is 0 Å². The van der Waals surface area contributed by atoms with Crippen molar-refractivity contribution in [3.8, 4) is 0 Å². The monoisotopic (exact) mass is 263 g/mol. The number of benzene rings is 1. The fourth-order valence-electron chi connectivity index (χ4n) is 1.68. The van der Waals surface area contributed by atoms with Gasteiger partial charge in [0.05, 0.1) is 6.54 Å². The highest BCUT2D eigenvalue weighted by atomic mass is 16.1. The van der Waals surface area contributed by atoms with Gasteiger partial charge in [-0.25, -0.2) is 0 Å². The molecular weight excluding hydrogens is 238 g/mol. The molecule has 0 aliphatic rings. The van der Waals surface area contributed by atoms with Crippen LogP contribution in [0.5, 0.6) is 0 Å². The van der Waals surface area contributed by atoms with Crippen molar-refractivity contribution < 1.29 is 4.79 Å². The molecular formula is C15H25N3O. The number of carbonyl (C=O) groups excluding carboxylic acids is 1. The van der Waals surface area contributed by atoms with Crippen LogP contribution in [-0.2, 0) is 11.3 Å². The van der Waals surface area contributed by atoms with Gasteiger partial charge < -0.3 is 15.5 Å². The SMILES string of the molecule is CCC(C)NCC(=O)Nc1ccc(CN(C)C)cc1. The van der Waals surface area contributed by atoms with Gasteiger partial charge in [-0.3, -0.25) is 4.79 Å². The smallest absolute Gasteiger partial charge is 0.238 e. The summed E-state index contributed by atoms with van der Waals surface area (Å²) in [4.78, 5) is 13.8. The van der Waals surface area contributed by atoms with Crippen LogP contribution in [0.3, 0.4) is 0 Å². The number of hydrogen-bond acceptors (Lipinski definition) is 3. The summed E-state index contributed by atoms with van der Waals surface area (Å²) in [5.74, 6) is 0.000611. The molecule has 0 radical (unpaired) electrons. The van der Waals surface area contributed by atoms with E-state index in [4.69, 9.17) is 0 Å². The van der Waals surface area contributed by atoms with Crippen LogP contribution in [-0.4, -0.2) is 37.5 Å². The lowest BCUT2D eigenvalue weighted by molar-refractivity contribution is -0.115. The molecule has 0 heterocycles. The lowest BCUT2D eigenvalue weighted by Gasteiger charge is -2.12. The van der Waals surface area contributed by atoms with E-state index < -0.39 is 0 Å². The van der Waals surface area contributed by atoms with Crippen LogP contribution in [0, 0.1) is 0 Å². The molecule has 0 aromatic heterocycles. The standard InChI is InChI=1S/C15H25N3O/c1-5-12(2)16-10-15(19)17-14-8-6-13(7-9-14)11-18(3)4/h6-9,12,16H,5,10-11H2,1-4H3,(H,17,19). The Morgan fingerprint density at radius 2 is 1.89 bits per heavy atom. The van der Waals surface area contributed by atoms with Crippen LogP contribution in [0.15, 0.2) is 24.3 Å². The summed E-state index contributed by atoms with van der Waals surface area (Å²) in [6.45, 7) is 5.43. The summed E-state index contributed by atoms with van der Waals surface area (Å²) in [5, 5.41) is 6.06. The van der Waals surface area contributed by atoms with E-state index in [-0.39, 0.29) is 5.91 Å². The van der Waals surface area contributed by atoms with Crippen LogP contribution in [0.25, 0.3) is 0 Å². The molecule has 0 aliphatic carbocycles. The Morgan fingerprint density at radius 3 is 2.42 bits per heavy atom. The lowest BCUT2D eigenvalue weighted by atomic mass is 10.2. The van der Waals surface area contributed by atoms with E-state index >= 15 is 0 Å². The molecule has 0 aliphatic heterocycles. The Labute approximate surface area is 116 Å². The molecule has 1 amide bonds. The van der Waals surface area contributed by atoms with Gasteiger partial charge in [-0.2, -0.15) is 0 Å². The van der Waals surface area contributed by atoms with Crippen molar-refractivity contribution in [2.75, 3.05) is 26.0 Å². The van der Waals surface area contributed by atoms with Gasteiger partial charge in [0.15, 0.2) is 0 Å². The highest BCUT2D eigenvalue weighted by Crippen LogP contribution is 2.10. The average molecular weight is 263 g/mol. The number of hydrogen-bond donors (Lipinski definition) is 2. The first-order valence-electron chi connectivity index (χ1n) is 6.78. The molecule has 1 atom stereocenters. The molecule has 0 spiro atoms. The van der Waals surface area contributed by atoms with Gasteiger partial charge in [0.25, 0.3) is 0 Å². The number of amides is 1. The minimum atomic E-state index is 0.000611. The van der Waals surface area contributed by atoms with Crippen LogP contribution in [0.2, 0.25) is 0 Å². The van der Waals surface area contributed by atoms with Crippen LogP contribution in [0.4, 0.5) is 5.69 Å². The molecule has 1 aromatic carbocycles. The molecule has 1 unspecified atom stereocenters. The number of rotatable bonds is 7. The molecule has 0 saturated carbocycles. The fourth-order valence-corrected chi connectivity index (χ4v) is 1.68. The second-order valence-electron chi connectivity index (χ2n) is 5.17. The molecule has 0 bridgehead atoms. The highest BCUT2D eigenvalue weighted by molar-refractivity contribution is 5.92. The van der Waals surface area contributed by atoms with E-state index in [0.29, 0.717) is 12.6 Å². The van der Waals surface area contributed by atoms with Gasteiger partial charge in [0.2, 0.25) is 5.91 Å². The fraction of sp³-hybridized carbons (Fsp3) is 0.533. The largest absolute Gasteiger partial charge is 0.325 e. The van der Waals surface area contributed by atoms with Crippen molar-refractivity contribution in [1.82, 2.24) is 10.2 Å². The number of nitrogens with one attached hydrogen (secondary N) is 2. The molecule has 106 valence electrons. The number of anilines is 1. The second-order valence-corrected chi connectivity index (χ2v) is 5.17. The third-order valence-electron chi connectivity index (χ3n) is 2.96. The summed E-state index contributed by atoms with van der Waals surface area (Å²) >= 11 is 0. The van der Waals surface area contributed by atoms with Crippen molar-refractivity contribution in [1.29, 1.82) is 0 Å². The van der Waals surface area contributed by atoms with E-state index in [9.17, 15) is 4.79 Å². The quantitative estimate of drug-likeness (QED) is 0.791. The maximum atomic E-state index is 11.7. The number of carbonyl (C=O) groups is 1. The van der Waals surface area contributed by atoms with Crippen molar-refractivity contribution in [2.45, 2.75) is 32.9 Å². The Bertz CT molecular complexity index is 387. The molecule has 2 N–H and O–H groups in total. The van der Waals surface area contributed by atoms with E-state index in [0.717, 1.165) is 18.7 Å². The highest BCUT2D eigenvalue weighted by Gasteiger charge is 2.04. The lowest BCUT2D eigenvalue weighted by Crippen LogP contribution is -2.33. The van der Waals surface area contributed by atoms with Gasteiger partial charge in [0, 0.05) is 18.3 Å². The maximum Gasteiger partial charge on any atom is 0.238 e.